The second-order valence-electron chi connectivity index (χ2n) is 10.1. The zero-order valence-corrected chi connectivity index (χ0v) is 22.8. The first-order valence-electron chi connectivity index (χ1n) is 13.4. The molecule has 2 aliphatic heterocycles. The molecule has 9 heteroatoms. The van der Waals surface area contributed by atoms with Crippen LogP contribution >= 0.6 is 11.8 Å². The number of alkyl halides is 3. The number of nitrogens with zero attached hydrogens (tertiary/aromatic N) is 1. The summed E-state index contributed by atoms with van der Waals surface area (Å²) in [6.45, 7) is 2.09. The third kappa shape index (κ3) is 6.46. The Morgan fingerprint density at radius 3 is 2.20 bits per heavy atom. The van der Waals surface area contributed by atoms with E-state index in [0.29, 0.717) is 34.1 Å². The molecule has 0 N–H and O–H groups in total. The van der Waals surface area contributed by atoms with Crippen LogP contribution in [0.25, 0.3) is 0 Å². The molecule has 3 aromatic carbocycles. The summed E-state index contributed by atoms with van der Waals surface area (Å²) in [6, 6.07) is 19.8. The third-order valence-electron chi connectivity index (χ3n) is 7.36. The molecule has 1 amide bonds. The number of fused-ring (bicyclic) bond motifs is 2. The maximum absolute atomic E-state index is 13.4. The Hall–Kier alpha value is -3.46. The van der Waals surface area contributed by atoms with Gasteiger partial charge in [-0.3, -0.25) is 4.79 Å². The maximum Gasteiger partial charge on any atom is 0.416 e. The van der Waals surface area contributed by atoms with E-state index in [4.69, 9.17) is 9.47 Å². The van der Waals surface area contributed by atoms with E-state index < -0.39 is 11.7 Å². The van der Waals surface area contributed by atoms with Crippen molar-refractivity contribution in [3.63, 3.8) is 0 Å². The van der Waals surface area contributed by atoms with Crippen LogP contribution in [-0.2, 0) is 16.7 Å². The van der Waals surface area contributed by atoms with Gasteiger partial charge in [-0.25, -0.2) is 4.79 Å². The molecule has 2 heterocycles. The lowest BCUT2D eigenvalue weighted by atomic mass is 9.98. The van der Waals surface area contributed by atoms with E-state index in [9.17, 15) is 22.8 Å². The van der Waals surface area contributed by atoms with Crippen LogP contribution in [0, 0.1) is 0 Å². The Kier molecular flexibility index (Phi) is 8.40. The fourth-order valence-corrected chi connectivity index (χ4v) is 6.36. The molecule has 210 valence electrons. The summed E-state index contributed by atoms with van der Waals surface area (Å²) in [5, 5.41) is 0. The summed E-state index contributed by atoms with van der Waals surface area (Å²) in [5.41, 5.74) is 1.37. The highest BCUT2D eigenvalue weighted by Gasteiger charge is 2.44. The number of rotatable bonds is 8. The number of piperidine rings is 1. The van der Waals surface area contributed by atoms with E-state index in [-0.39, 0.29) is 30.1 Å². The van der Waals surface area contributed by atoms with Crippen molar-refractivity contribution in [2.24, 2.45) is 0 Å². The van der Waals surface area contributed by atoms with Crippen LogP contribution in [-0.4, -0.2) is 41.6 Å². The number of ether oxygens (including phenoxy) is 2. The van der Waals surface area contributed by atoms with Crippen molar-refractivity contribution in [2.75, 3.05) is 6.61 Å². The second-order valence-corrected chi connectivity index (χ2v) is 11.1. The first-order valence-corrected chi connectivity index (χ1v) is 14.4. The van der Waals surface area contributed by atoms with Crippen molar-refractivity contribution in [1.82, 2.24) is 4.90 Å². The van der Waals surface area contributed by atoms with E-state index in [1.165, 1.54) is 17.8 Å². The van der Waals surface area contributed by atoms with E-state index in [0.717, 1.165) is 43.4 Å². The lowest BCUT2D eigenvalue weighted by molar-refractivity contribution is -0.137. The molecule has 0 aliphatic carbocycles. The van der Waals surface area contributed by atoms with Gasteiger partial charge in [0.05, 0.1) is 17.7 Å². The zero-order valence-electron chi connectivity index (χ0n) is 22.0. The molecule has 1 unspecified atom stereocenters. The lowest BCUT2D eigenvalue weighted by Gasteiger charge is -2.39. The molecule has 0 saturated carbocycles. The fourth-order valence-electron chi connectivity index (χ4n) is 5.45. The van der Waals surface area contributed by atoms with Crippen LogP contribution in [0.4, 0.5) is 13.2 Å². The first kappa shape index (κ1) is 28.1. The highest BCUT2D eigenvalue weighted by atomic mass is 32.2. The average molecular weight is 570 g/mol. The van der Waals surface area contributed by atoms with Crippen molar-refractivity contribution in [1.29, 1.82) is 0 Å². The zero-order chi connectivity index (χ0) is 28.3. The normalized spacial score (nSPS) is 20.3. The Morgan fingerprint density at radius 2 is 1.57 bits per heavy atom. The highest BCUT2D eigenvalue weighted by molar-refractivity contribution is 7.98. The summed E-state index contributed by atoms with van der Waals surface area (Å²) in [6.07, 6.45) is -1.02. The Labute approximate surface area is 235 Å². The van der Waals surface area contributed by atoms with Gasteiger partial charge in [0, 0.05) is 41.1 Å². The number of hydrogen-bond acceptors (Lipinski definition) is 5. The monoisotopic (exact) mass is 569 g/mol. The molecule has 2 aliphatic rings. The van der Waals surface area contributed by atoms with E-state index >= 15 is 0 Å². The lowest BCUT2D eigenvalue weighted by Crippen LogP contribution is -2.49. The van der Waals surface area contributed by atoms with Crippen molar-refractivity contribution >= 4 is 23.6 Å². The molecule has 2 fully saturated rings. The van der Waals surface area contributed by atoms with Crippen LogP contribution < -0.4 is 4.74 Å². The molecule has 0 aromatic heterocycles. The maximum atomic E-state index is 13.4. The molecule has 2 bridgehead atoms. The molecule has 0 radical (unpaired) electrons. The summed E-state index contributed by atoms with van der Waals surface area (Å²) in [5.74, 6) is 0.837. The SMILES string of the molecule is CCOC(=O)c1ccc(OC2C[C@H]3CC[C@@H](C2)N3C(=O)c2ccc(CSc3cccc(C(F)(F)F)c3)cc2)cc1. The third-order valence-corrected chi connectivity index (χ3v) is 8.43. The molecule has 0 spiro atoms. The number of carbonyl (C=O) groups is 2. The second kappa shape index (κ2) is 12.0. The Balaban J connectivity index is 1.16. The number of esters is 1. The Morgan fingerprint density at radius 1 is 0.925 bits per heavy atom. The molecule has 5 nitrogen and oxygen atoms in total. The Bertz CT molecular complexity index is 1330. The van der Waals surface area contributed by atoms with Gasteiger partial charge in [-0.05, 0) is 79.9 Å². The van der Waals surface area contributed by atoms with Gasteiger partial charge in [-0.1, -0.05) is 18.2 Å². The summed E-state index contributed by atoms with van der Waals surface area (Å²) in [4.78, 5) is 27.8. The van der Waals surface area contributed by atoms with Gasteiger partial charge in [0.25, 0.3) is 5.91 Å². The van der Waals surface area contributed by atoms with Gasteiger partial charge >= 0.3 is 12.1 Å². The van der Waals surface area contributed by atoms with Crippen LogP contribution in [0.5, 0.6) is 5.75 Å². The number of amides is 1. The molecule has 2 saturated heterocycles. The van der Waals surface area contributed by atoms with E-state index in [1.54, 1.807) is 49.4 Å². The van der Waals surface area contributed by atoms with Crippen molar-refractivity contribution in [3.05, 3.63) is 95.1 Å². The molecule has 40 heavy (non-hydrogen) atoms. The summed E-state index contributed by atoms with van der Waals surface area (Å²) in [7, 11) is 0. The smallest absolute Gasteiger partial charge is 0.416 e. The van der Waals surface area contributed by atoms with Crippen LogP contribution in [0.15, 0.2) is 77.7 Å². The van der Waals surface area contributed by atoms with Crippen molar-refractivity contribution in [3.8, 4) is 5.75 Å². The molecular weight excluding hydrogens is 539 g/mol. The minimum Gasteiger partial charge on any atom is -0.490 e. The molecule has 5 rings (SSSR count). The molecule has 3 aromatic rings. The largest absolute Gasteiger partial charge is 0.490 e. The van der Waals surface area contributed by atoms with Crippen molar-refractivity contribution < 1.29 is 32.2 Å². The van der Waals surface area contributed by atoms with Gasteiger partial charge in [-0.15, -0.1) is 11.8 Å². The van der Waals surface area contributed by atoms with E-state index in [2.05, 4.69) is 0 Å². The van der Waals surface area contributed by atoms with Gasteiger partial charge in [0.15, 0.2) is 0 Å². The van der Waals surface area contributed by atoms with Crippen molar-refractivity contribution in [2.45, 2.75) is 67.6 Å². The quantitative estimate of drug-likeness (QED) is 0.209. The van der Waals surface area contributed by atoms with Gasteiger partial charge < -0.3 is 14.4 Å². The van der Waals surface area contributed by atoms with Gasteiger partial charge in [0.1, 0.15) is 11.9 Å². The molecular formula is C31H30F3NO4S. The number of thioether (sulfide) groups is 1. The average Bonchev–Trinajstić information content (AvgIpc) is 3.22. The first-order chi connectivity index (χ1) is 19.2. The topological polar surface area (TPSA) is 55.8 Å². The predicted octanol–water partition coefficient (Wildman–Crippen LogP) is 7.39. The molecule has 3 atom stereocenters. The van der Waals surface area contributed by atoms with Crippen LogP contribution in [0.3, 0.4) is 0 Å². The van der Waals surface area contributed by atoms with E-state index in [1.807, 2.05) is 17.0 Å². The number of hydrogen-bond donors (Lipinski definition) is 0. The number of carbonyl (C=O) groups excluding carboxylic acids is 2. The van der Waals surface area contributed by atoms with Gasteiger partial charge in [-0.2, -0.15) is 13.2 Å². The number of halogens is 3. The minimum absolute atomic E-state index is 0.00169. The summed E-state index contributed by atoms with van der Waals surface area (Å²) < 4.78 is 50.2. The predicted molar refractivity (Wildman–Crippen MR) is 146 cm³/mol. The van der Waals surface area contributed by atoms with Gasteiger partial charge in [0.2, 0.25) is 0 Å². The summed E-state index contributed by atoms with van der Waals surface area (Å²) >= 11 is 1.33. The standard InChI is InChI=1S/C31H30F3NO4S/c1-2-38-30(37)22-10-14-26(15-11-22)39-27-17-24-12-13-25(18-27)35(24)29(36)21-8-6-20(7-9-21)19-40-28-5-3-4-23(16-28)31(32,33)34/h3-11,14-16,24-25,27H,2,12-13,17-19H2,1H3/t24-,25+,27?. The fraction of sp³-hybridized carbons (Fsp3) is 0.355. The van der Waals surface area contributed by atoms with Crippen LogP contribution in [0.2, 0.25) is 0 Å². The highest BCUT2D eigenvalue weighted by Crippen LogP contribution is 2.38. The van der Waals surface area contributed by atoms with Crippen LogP contribution in [0.1, 0.15) is 64.4 Å². The number of benzene rings is 3. The minimum atomic E-state index is -4.37.